The molecule has 0 saturated carbocycles. The van der Waals surface area contributed by atoms with Gasteiger partial charge in [-0.3, -0.25) is 4.90 Å². The minimum atomic E-state index is -1.12. The van der Waals surface area contributed by atoms with Crippen molar-refractivity contribution in [2.45, 2.75) is 0 Å². The van der Waals surface area contributed by atoms with E-state index < -0.39 is 5.97 Å². The van der Waals surface area contributed by atoms with E-state index in [1.165, 1.54) is 0 Å². The molecule has 6 heteroatoms. The topological polar surface area (TPSA) is 72.1 Å². The maximum Gasteiger partial charge on any atom is 0.375 e. The molecule has 0 bridgehead atoms. The van der Waals surface area contributed by atoms with Crippen molar-refractivity contribution in [3.63, 3.8) is 0 Å². The van der Waals surface area contributed by atoms with Crippen LogP contribution in [0.3, 0.4) is 0 Å². The lowest BCUT2D eigenvalue weighted by Crippen LogP contribution is -2.38. The molecule has 0 atom stereocenters. The second-order valence-corrected chi connectivity index (χ2v) is 4.86. The van der Waals surface area contributed by atoms with Gasteiger partial charge in [-0.1, -0.05) is 12.1 Å². The first-order chi connectivity index (χ1) is 10.3. The minimum absolute atomic E-state index is 0.141. The molecule has 0 amide bonds. The summed E-state index contributed by atoms with van der Waals surface area (Å²) in [5, 5.41) is 9.91. The molecule has 0 radical (unpaired) electrons. The smallest absolute Gasteiger partial charge is 0.375 e. The lowest BCUT2D eigenvalue weighted by Gasteiger charge is -2.26. The van der Waals surface area contributed by atoms with Crippen molar-refractivity contribution in [3.05, 3.63) is 30.0 Å². The van der Waals surface area contributed by atoms with E-state index in [1.54, 1.807) is 18.2 Å². The van der Waals surface area contributed by atoms with Gasteiger partial charge < -0.3 is 19.0 Å². The molecule has 2 heterocycles. The third kappa shape index (κ3) is 3.01. The fourth-order valence-corrected chi connectivity index (χ4v) is 2.41. The second kappa shape index (κ2) is 6.15. The van der Waals surface area contributed by atoms with Crippen molar-refractivity contribution in [3.8, 4) is 5.75 Å². The van der Waals surface area contributed by atoms with E-state index in [0.29, 0.717) is 23.3 Å². The first-order valence-corrected chi connectivity index (χ1v) is 6.93. The molecule has 1 aromatic heterocycles. The van der Waals surface area contributed by atoms with Gasteiger partial charge in [-0.25, -0.2) is 4.79 Å². The Bertz CT molecular complexity index is 630. The van der Waals surface area contributed by atoms with Crippen molar-refractivity contribution in [1.29, 1.82) is 0 Å². The first kappa shape index (κ1) is 13.9. The summed E-state index contributed by atoms with van der Waals surface area (Å²) >= 11 is 0. The van der Waals surface area contributed by atoms with Crippen LogP contribution in [-0.2, 0) is 4.74 Å². The van der Waals surface area contributed by atoms with Crippen LogP contribution in [0.4, 0.5) is 0 Å². The lowest BCUT2D eigenvalue weighted by atomic mass is 10.2. The van der Waals surface area contributed by atoms with E-state index in [1.807, 2.05) is 6.07 Å². The Labute approximate surface area is 121 Å². The van der Waals surface area contributed by atoms with Crippen LogP contribution < -0.4 is 4.74 Å². The van der Waals surface area contributed by atoms with Gasteiger partial charge in [-0.2, -0.15) is 0 Å². The summed E-state index contributed by atoms with van der Waals surface area (Å²) in [6.45, 7) is 4.37. The number of hydrogen-bond acceptors (Lipinski definition) is 5. The quantitative estimate of drug-likeness (QED) is 0.906. The standard InChI is InChI=1S/C15H17NO5/c17-15(18)14-13(11-3-1-2-4-12(11)21-14)20-10-7-16-5-8-19-9-6-16/h1-4H,5-10H2,(H,17,18). The highest BCUT2D eigenvalue weighted by atomic mass is 16.5. The monoisotopic (exact) mass is 291 g/mol. The zero-order valence-electron chi connectivity index (χ0n) is 11.6. The van der Waals surface area contributed by atoms with Gasteiger partial charge in [0, 0.05) is 19.6 Å². The van der Waals surface area contributed by atoms with E-state index in [0.717, 1.165) is 32.8 Å². The highest BCUT2D eigenvalue weighted by molar-refractivity contribution is 5.97. The van der Waals surface area contributed by atoms with Crippen LogP contribution in [0.1, 0.15) is 10.6 Å². The lowest BCUT2D eigenvalue weighted by molar-refractivity contribution is 0.0321. The summed E-state index contributed by atoms with van der Waals surface area (Å²) in [5.41, 5.74) is 0.524. The number of benzene rings is 1. The van der Waals surface area contributed by atoms with Crippen LogP contribution in [0.2, 0.25) is 0 Å². The number of furan rings is 1. The average Bonchev–Trinajstić information content (AvgIpc) is 2.88. The number of para-hydroxylation sites is 1. The summed E-state index contributed by atoms with van der Waals surface area (Å²) in [7, 11) is 0. The molecule has 1 aliphatic rings. The molecule has 0 aliphatic carbocycles. The van der Waals surface area contributed by atoms with E-state index in [2.05, 4.69) is 4.90 Å². The molecule has 1 fully saturated rings. The Morgan fingerprint density at radius 1 is 1.29 bits per heavy atom. The van der Waals surface area contributed by atoms with Gasteiger partial charge in [0.15, 0.2) is 5.75 Å². The van der Waals surface area contributed by atoms with Crippen LogP contribution in [0.25, 0.3) is 11.0 Å². The number of rotatable bonds is 5. The summed E-state index contributed by atoms with van der Waals surface area (Å²) in [6, 6.07) is 7.17. The van der Waals surface area contributed by atoms with E-state index in [9.17, 15) is 9.90 Å². The molecule has 2 aromatic rings. The molecule has 1 saturated heterocycles. The normalized spacial score (nSPS) is 16.2. The summed E-state index contributed by atoms with van der Waals surface area (Å²) < 4.78 is 16.3. The van der Waals surface area contributed by atoms with Gasteiger partial charge in [-0.05, 0) is 12.1 Å². The third-order valence-corrected chi connectivity index (χ3v) is 3.50. The summed E-state index contributed by atoms with van der Waals surface area (Å²) in [6.07, 6.45) is 0. The molecule has 21 heavy (non-hydrogen) atoms. The van der Waals surface area contributed by atoms with Crippen molar-refractivity contribution in [1.82, 2.24) is 4.90 Å². The largest absolute Gasteiger partial charge is 0.487 e. The Morgan fingerprint density at radius 3 is 2.81 bits per heavy atom. The molecule has 0 spiro atoms. The fourth-order valence-electron chi connectivity index (χ4n) is 2.41. The van der Waals surface area contributed by atoms with Crippen LogP contribution in [0, 0.1) is 0 Å². The Kier molecular flexibility index (Phi) is 4.08. The summed E-state index contributed by atoms with van der Waals surface area (Å²) in [4.78, 5) is 13.5. The summed E-state index contributed by atoms with van der Waals surface area (Å²) in [5.74, 6) is -0.947. The second-order valence-electron chi connectivity index (χ2n) is 4.86. The minimum Gasteiger partial charge on any atom is -0.487 e. The number of ether oxygens (including phenoxy) is 2. The SMILES string of the molecule is O=C(O)c1oc2ccccc2c1OCCN1CCOCC1. The first-order valence-electron chi connectivity index (χ1n) is 6.93. The number of nitrogens with zero attached hydrogens (tertiary/aromatic N) is 1. The van der Waals surface area contributed by atoms with Crippen molar-refractivity contribution < 1.29 is 23.8 Å². The Balaban J connectivity index is 1.72. The van der Waals surface area contributed by atoms with Gasteiger partial charge in [0.25, 0.3) is 5.76 Å². The van der Waals surface area contributed by atoms with E-state index in [4.69, 9.17) is 13.9 Å². The number of hydrogen-bond donors (Lipinski definition) is 1. The van der Waals surface area contributed by atoms with Crippen molar-refractivity contribution in [2.24, 2.45) is 0 Å². The highest BCUT2D eigenvalue weighted by Gasteiger charge is 2.21. The molecular formula is C15H17NO5. The third-order valence-electron chi connectivity index (χ3n) is 3.50. The number of fused-ring (bicyclic) bond motifs is 1. The number of carbonyl (C=O) groups is 1. The molecular weight excluding hydrogens is 274 g/mol. The number of carboxylic acids is 1. The molecule has 3 rings (SSSR count). The maximum absolute atomic E-state index is 11.3. The average molecular weight is 291 g/mol. The maximum atomic E-state index is 11.3. The van der Waals surface area contributed by atoms with Gasteiger partial charge in [-0.15, -0.1) is 0 Å². The number of morpholine rings is 1. The van der Waals surface area contributed by atoms with E-state index in [-0.39, 0.29) is 5.76 Å². The zero-order valence-corrected chi connectivity index (χ0v) is 11.6. The Hall–Kier alpha value is -2.05. The van der Waals surface area contributed by atoms with Gasteiger partial charge >= 0.3 is 5.97 Å². The fraction of sp³-hybridized carbons (Fsp3) is 0.400. The molecule has 0 unspecified atom stereocenters. The molecule has 1 aliphatic heterocycles. The zero-order chi connectivity index (χ0) is 14.7. The van der Waals surface area contributed by atoms with Crippen LogP contribution in [0.5, 0.6) is 5.75 Å². The molecule has 1 aromatic carbocycles. The molecule has 6 nitrogen and oxygen atoms in total. The van der Waals surface area contributed by atoms with Gasteiger partial charge in [0.1, 0.15) is 12.2 Å². The van der Waals surface area contributed by atoms with Crippen molar-refractivity contribution in [2.75, 3.05) is 39.5 Å². The predicted molar refractivity (Wildman–Crippen MR) is 75.9 cm³/mol. The van der Waals surface area contributed by atoms with Crippen LogP contribution in [0.15, 0.2) is 28.7 Å². The number of aromatic carboxylic acids is 1. The van der Waals surface area contributed by atoms with Gasteiger partial charge in [0.05, 0.1) is 18.6 Å². The molecule has 112 valence electrons. The van der Waals surface area contributed by atoms with Crippen LogP contribution >= 0.6 is 0 Å². The van der Waals surface area contributed by atoms with Crippen LogP contribution in [-0.4, -0.2) is 55.4 Å². The molecule has 1 N–H and O–H groups in total. The predicted octanol–water partition coefficient (Wildman–Crippen LogP) is 1.84. The number of carboxylic acid groups (broad SMARTS) is 1. The van der Waals surface area contributed by atoms with Gasteiger partial charge in [0.2, 0.25) is 0 Å². The Morgan fingerprint density at radius 2 is 2.05 bits per heavy atom. The highest BCUT2D eigenvalue weighted by Crippen LogP contribution is 2.32. The van der Waals surface area contributed by atoms with E-state index >= 15 is 0 Å². The van der Waals surface area contributed by atoms with Crippen molar-refractivity contribution >= 4 is 16.9 Å².